The number of ether oxygens (including phenoxy) is 1. The van der Waals surface area contributed by atoms with Crippen LogP contribution in [0.25, 0.3) is 0 Å². The van der Waals surface area contributed by atoms with E-state index in [9.17, 15) is 0 Å². The summed E-state index contributed by atoms with van der Waals surface area (Å²) in [7, 11) is 3.91. The van der Waals surface area contributed by atoms with Crippen LogP contribution in [0.2, 0.25) is 0 Å². The first-order valence-corrected chi connectivity index (χ1v) is 7.68. The third-order valence-electron chi connectivity index (χ3n) is 4.36. The van der Waals surface area contributed by atoms with Crippen molar-refractivity contribution < 1.29 is 4.74 Å². The molecule has 2 aliphatic rings. The van der Waals surface area contributed by atoms with Gasteiger partial charge in [0.05, 0.1) is 13.2 Å². The smallest absolute Gasteiger partial charge is 0.232 e. The molecule has 0 spiro atoms. The Morgan fingerprint density at radius 1 is 1.24 bits per heavy atom. The summed E-state index contributed by atoms with van der Waals surface area (Å²) in [5.74, 6) is 2.88. The second kappa shape index (κ2) is 6.01. The van der Waals surface area contributed by atoms with Crippen LogP contribution in [0.1, 0.15) is 19.8 Å². The van der Waals surface area contributed by atoms with Gasteiger partial charge >= 0.3 is 0 Å². The van der Waals surface area contributed by atoms with Crippen LogP contribution >= 0.6 is 0 Å². The Morgan fingerprint density at radius 2 is 1.95 bits per heavy atom. The Balaban J connectivity index is 1.84. The molecule has 2 fully saturated rings. The molecule has 3 rings (SSSR count). The van der Waals surface area contributed by atoms with Crippen molar-refractivity contribution in [3.63, 3.8) is 0 Å². The first-order chi connectivity index (χ1) is 10.2. The van der Waals surface area contributed by atoms with E-state index >= 15 is 0 Å². The summed E-state index contributed by atoms with van der Waals surface area (Å²) in [5.41, 5.74) is 0. The molecule has 1 aromatic rings. The molecule has 1 atom stereocenters. The van der Waals surface area contributed by atoms with Gasteiger partial charge in [-0.1, -0.05) is 0 Å². The third kappa shape index (κ3) is 3.18. The van der Waals surface area contributed by atoms with Crippen LogP contribution in [0.3, 0.4) is 0 Å². The molecule has 1 saturated carbocycles. The highest BCUT2D eigenvalue weighted by molar-refractivity contribution is 5.45. The molecule has 2 heterocycles. The maximum atomic E-state index is 5.39. The summed E-state index contributed by atoms with van der Waals surface area (Å²) in [6.45, 7) is 5.35. The molecule has 116 valence electrons. The van der Waals surface area contributed by atoms with Gasteiger partial charge < -0.3 is 19.9 Å². The highest BCUT2D eigenvalue weighted by Gasteiger charge is 2.32. The topological polar surface area (TPSA) is 66.4 Å². The van der Waals surface area contributed by atoms with Crippen LogP contribution in [-0.2, 0) is 4.74 Å². The minimum Gasteiger partial charge on any atom is -0.378 e. The summed E-state index contributed by atoms with van der Waals surface area (Å²) in [6.07, 6.45) is 2.62. The van der Waals surface area contributed by atoms with Crippen molar-refractivity contribution in [3.8, 4) is 0 Å². The lowest BCUT2D eigenvalue weighted by molar-refractivity contribution is 0.122. The van der Waals surface area contributed by atoms with Crippen molar-refractivity contribution in [2.24, 2.45) is 5.92 Å². The zero-order valence-electron chi connectivity index (χ0n) is 13.0. The second-order valence-electron chi connectivity index (χ2n) is 5.80. The molecule has 0 amide bonds. The summed E-state index contributed by atoms with van der Waals surface area (Å²) in [6, 6.07) is 0.467. The van der Waals surface area contributed by atoms with Crippen LogP contribution in [-0.4, -0.2) is 61.4 Å². The van der Waals surface area contributed by atoms with Crippen LogP contribution in [0.5, 0.6) is 0 Å². The lowest BCUT2D eigenvalue weighted by Crippen LogP contribution is -2.38. The first-order valence-electron chi connectivity index (χ1n) is 7.68. The summed E-state index contributed by atoms with van der Waals surface area (Å²) < 4.78 is 5.39. The van der Waals surface area contributed by atoms with Gasteiger partial charge in [0.2, 0.25) is 17.8 Å². The molecule has 1 aromatic heterocycles. The SMILES string of the molecule is CNc1nc(N2CCOCC2)nc(N(C)C(C)C2CC2)n1. The zero-order chi connectivity index (χ0) is 14.8. The van der Waals surface area contributed by atoms with Crippen LogP contribution in [0.4, 0.5) is 17.8 Å². The van der Waals surface area contributed by atoms with E-state index in [0.717, 1.165) is 44.1 Å². The molecule has 1 N–H and O–H groups in total. The number of aromatic nitrogens is 3. The predicted molar refractivity (Wildman–Crippen MR) is 83.0 cm³/mol. The average Bonchev–Trinajstić information content (AvgIpc) is 3.38. The van der Waals surface area contributed by atoms with Gasteiger partial charge in [-0.15, -0.1) is 0 Å². The van der Waals surface area contributed by atoms with Gasteiger partial charge in [0.25, 0.3) is 0 Å². The van der Waals surface area contributed by atoms with E-state index in [1.54, 1.807) is 0 Å². The van der Waals surface area contributed by atoms with Gasteiger partial charge in [-0.2, -0.15) is 15.0 Å². The molecule has 1 aliphatic carbocycles. The number of anilines is 3. The molecule has 21 heavy (non-hydrogen) atoms. The van der Waals surface area contributed by atoms with Crippen molar-refractivity contribution in [2.75, 3.05) is 55.5 Å². The van der Waals surface area contributed by atoms with E-state index in [1.165, 1.54) is 12.8 Å². The molecular weight excluding hydrogens is 268 g/mol. The fourth-order valence-corrected chi connectivity index (χ4v) is 2.61. The van der Waals surface area contributed by atoms with E-state index < -0.39 is 0 Å². The van der Waals surface area contributed by atoms with Crippen molar-refractivity contribution in [1.29, 1.82) is 0 Å². The standard InChI is InChI=1S/C14H24N6O/c1-10(11-4-5-11)19(3)13-16-12(15-2)17-14(18-13)20-6-8-21-9-7-20/h10-11H,4-9H2,1-3H3,(H,15,16,17,18). The average molecular weight is 292 g/mol. The van der Waals surface area contributed by atoms with E-state index in [2.05, 4.69) is 44.0 Å². The first kappa shape index (κ1) is 14.3. The van der Waals surface area contributed by atoms with E-state index in [0.29, 0.717) is 12.0 Å². The minimum absolute atomic E-state index is 0.467. The summed E-state index contributed by atoms with van der Waals surface area (Å²) in [5, 5.41) is 3.04. The Bertz CT molecular complexity index is 486. The molecule has 0 radical (unpaired) electrons. The van der Waals surface area contributed by atoms with Gasteiger partial charge in [0, 0.05) is 33.2 Å². The lowest BCUT2D eigenvalue weighted by atomic mass is 10.2. The Morgan fingerprint density at radius 3 is 2.57 bits per heavy atom. The summed E-state index contributed by atoms with van der Waals surface area (Å²) >= 11 is 0. The maximum absolute atomic E-state index is 5.39. The lowest BCUT2D eigenvalue weighted by Gasteiger charge is -2.29. The molecule has 0 bridgehead atoms. The van der Waals surface area contributed by atoms with Crippen LogP contribution in [0, 0.1) is 5.92 Å². The molecule has 7 heteroatoms. The van der Waals surface area contributed by atoms with Gasteiger partial charge in [-0.05, 0) is 25.7 Å². The largest absolute Gasteiger partial charge is 0.378 e. The third-order valence-corrected chi connectivity index (χ3v) is 4.36. The van der Waals surface area contributed by atoms with Gasteiger partial charge in [0.15, 0.2) is 0 Å². The highest BCUT2D eigenvalue weighted by Crippen LogP contribution is 2.35. The molecule has 7 nitrogen and oxygen atoms in total. The predicted octanol–water partition coefficient (Wildman–Crippen LogP) is 0.985. The Kier molecular flexibility index (Phi) is 4.10. The van der Waals surface area contributed by atoms with Crippen molar-refractivity contribution >= 4 is 17.8 Å². The van der Waals surface area contributed by atoms with Gasteiger partial charge in [-0.25, -0.2) is 0 Å². The molecule has 1 unspecified atom stereocenters. The quantitative estimate of drug-likeness (QED) is 0.868. The van der Waals surface area contributed by atoms with Gasteiger partial charge in [0.1, 0.15) is 0 Å². The van der Waals surface area contributed by atoms with Crippen molar-refractivity contribution in [2.45, 2.75) is 25.8 Å². The van der Waals surface area contributed by atoms with E-state index in [1.807, 2.05) is 7.05 Å². The fraction of sp³-hybridized carbons (Fsp3) is 0.786. The van der Waals surface area contributed by atoms with Crippen LogP contribution in [0.15, 0.2) is 0 Å². The number of morpholine rings is 1. The number of nitrogens with zero attached hydrogens (tertiary/aromatic N) is 5. The maximum Gasteiger partial charge on any atom is 0.232 e. The fourth-order valence-electron chi connectivity index (χ4n) is 2.61. The van der Waals surface area contributed by atoms with Crippen LogP contribution < -0.4 is 15.1 Å². The monoisotopic (exact) mass is 292 g/mol. The molecule has 1 saturated heterocycles. The number of nitrogens with one attached hydrogen (secondary N) is 1. The molecule has 1 aliphatic heterocycles. The second-order valence-corrected chi connectivity index (χ2v) is 5.80. The Labute approximate surface area is 125 Å². The Hall–Kier alpha value is -1.63. The van der Waals surface area contributed by atoms with E-state index in [-0.39, 0.29) is 0 Å². The minimum atomic E-state index is 0.467. The van der Waals surface area contributed by atoms with Gasteiger partial charge in [-0.3, -0.25) is 0 Å². The number of rotatable bonds is 5. The molecular formula is C14H24N6O. The zero-order valence-corrected chi connectivity index (χ0v) is 13.0. The molecule has 0 aromatic carbocycles. The van der Waals surface area contributed by atoms with Crippen molar-refractivity contribution in [3.05, 3.63) is 0 Å². The van der Waals surface area contributed by atoms with E-state index in [4.69, 9.17) is 4.74 Å². The normalized spacial score (nSPS) is 20.2. The number of hydrogen-bond donors (Lipinski definition) is 1. The summed E-state index contributed by atoms with van der Waals surface area (Å²) in [4.78, 5) is 18.0. The number of hydrogen-bond acceptors (Lipinski definition) is 7. The van der Waals surface area contributed by atoms with Crippen molar-refractivity contribution in [1.82, 2.24) is 15.0 Å². The highest BCUT2D eigenvalue weighted by atomic mass is 16.5.